The zero-order valence-electron chi connectivity index (χ0n) is 13.0. The summed E-state index contributed by atoms with van der Waals surface area (Å²) in [5, 5.41) is 3.29. The Labute approximate surface area is 139 Å². The molecule has 0 aliphatic carbocycles. The summed E-state index contributed by atoms with van der Waals surface area (Å²) in [5.41, 5.74) is -1.45. The van der Waals surface area contributed by atoms with Crippen LogP contribution in [0, 0.1) is 0 Å². The summed E-state index contributed by atoms with van der Waals surface area (Å²) in [5.74, 6) is -2.25. The second-order valence-electron chi connectivity index (χ2n) is 5.89. The number of fused-ring (bicyclic) bond motifs is 1. The van der Waals surface area contributed by atoms with Crippen LogP contribution in [0.15, 0.2) is 29.6 Å². The lowest BCUT2D eigenvalue weighted by Crippen LogP contribution is -2.51. The van der Waals surface area contributed by atoms with Gasteiger partial charge in [0.15, 0.2) is 0 Å². The number of ether oxygens (including phenoxy) is 1. The number of carbonyl (C=O) groups is 1. The van der Waals surface area contributed by atoms with Gasteiger partial charge in [-0.3, -0.25) is 14.3 Å². The summed E-state index contributed by atoms with van der Waals surface area (Å²) in [6.45, 7) is 0.566. The number of esters is 1. The molecule has 2 aromatic heterocycles. The summed E-state index contributed by atoms with van der Waals surface area (Å²) in [4.78, 5) is 31.8. The largest absolute Gasteiger partial charge is 0.490 e. The maximum absolute atomic E-state index is 12.6. The van der Waals surface area contributed by atoms with Gasteiger partial charge in [0.1, 0.15) is 5.60 Å². The maximum atomic E-state index is 12.6. The Morgan fingerprint density at radius 1 is 1.36 bits per heavy atom. The number of hydrogen-bond donors (Lipinski definition) is 1. The van der Waals surface area contributed by atoms with E-state index in [1.165, 1.54) is 29.4 Å². The van der Waals surface area contributed by atoms with E-state index in [0.29, 0.717) is 24.0 Å². The average Bonchev–Trinajstić information content (AvgIpc) is 2.58. The molecule has 0 radical (unpaired) electrons. The highest BCUT2D eigenvalue weighted by Gasteiger charge is 2.47. The number of piperidine rings is 1. The zero-order valence-corrected chi connectivity index (χ0v) is 13.0. The fourth-order valence-corrected chi connectivity index (χ4v) is 2.86. The molecule has 1 aliphatic rings. The number of pyridine rings is 1. The first-order chi connectivity index (χ1) is 11.8. The number of halogens is 3. The minimum absolute atomic E-state index is 0.162. The summed E-state index contributed by atoms with van der Waals surface area (Å²) < 4.78 is 43.9. The Kier molecular flexibility index (Phi) is 4.46. The van der Waals surface area contributed by atoms with Crippen molar-refractivity contribution in [2.24, 2.45) is 0 Å². The summed E-state index contributed by atoms with van der Waals surface area (Å²) >= 11 is 0. The number of alkyl halides is 3. The monoisotopic (exact) mass is 356 g/mol. The number of aromatic nitrogens is 3. The van der Waals surface area contributed by atoms with Crippen LogP contribution in [0.3, 0.4) is 0 Å². The highest BCUT2D eigenvalue weighted by molar-refractivity contribution is 5.76. The van der Waals surface area contributed by atoms with Crippen LogP contribution in [0.25, 0.3) is 10.9 Å². The summed E-state index contributed by atoms with van der Waals surface area (Å²) in [6.07, 6.45) is -0.677. The van der Waals surface area contributed by atoms with E-state index in [4.69, 9.17) is 4.74 Å². The maximum Gasteiger partial charge on any atom is 0.490 e. The standard InChI is InChI=1S/C15H15F3N4O3/c16-15(17,18)13(24)25-14(2-5-19-6-3-14)8-22-9-21-11-7-20-4-1-10(11)12(22)23/h1,4,7,9,19H,2-3,5-6,8H2. The van der Waals surface area contributed by atoms with Crippen molar-refractivity contribution in [2.45, 2.75) is 31.2 Å². The average molecular weight is 356 g/mol. The van der Waals surface area contributed by atoms with Crippen molar-refractivity contribution in [2.75, 3.05) is 13.1 Å². The lowest BCUT2D eigenvalue weighted by molar-refractivity contribution is -0.217. The summed E-state index contributed by atoms with van der Waals surface area (Å²) in [6, 6.07) is 1.48. The molecular formula is C15H15F3N4O3. The van der Waals surface area contributed by atoms with Crippen LogP contribution in [0.1, 0.15) is 12.8 Å². The molecule has 10 heteroatoms. The van der Waals surface area contributed by atoms with Gasteiger partial charge < -0.3 is 10.1 Å². The molecule has 0 spiro atoms. The Hall–Kier alpha value is -2.49. The Bertz CT molecular complexity index is 844. The Morgan fingerprint density at radius 2 is 2.08 bits per heavy atom. The van der Waals surface area contributed by atoms with E-state index in [1.54, 1.807) is 0 Å². The molecule has 134 valence electrons. The predicted octanol–water partition coefficient (Wildman–Crippen LogP) is 1.02. The van der Waals surface area contributed by atoms with Gasteiger partial charge in [0, 0.05) is 19.0 Å². The first-order valence-electron chi connectivity index (χ1n) is 7.61. The van der Waals surface area contributed by atoms with E-state index < -0.39 is 23.3 Å². The van der Waals surface area contributed by atoms with Crippen LogP contribution >= 0.6 is 0 Å². The molecule has 1 fully saturated rings. The van der Waals surface area contributed by atoms with Crippen LogP contribution in [0.2, 0.25) is 0 Å². The molecule has 0 unspecified atom stereocenters. The molecule has 2 aromatic rings. The van der Waals surface area contributed by atoms with Crippen molar-refractivity contribution in [3.8, 4) is 0 Å². The fourth-order valence-electron chi connectivity index (χ4n) is 2.86. The van der Waals surface area contributed by atoms with Crippen molar-refractivity contribution in [1.82, 2.24) is 19.9 Å². The first kappa shape index (κ1) is 17.3. The third kappa shape index (κ3) is 3.63. The van der Waals surface area contributed by atoms with Crippen LogP contribution in [-0.4, -0.2) is 45.4 Å². The summed E-state index contributed by atoms with van der Waals surface area (Å²) in [7, 11) is 0. The molecule has 3 rings (SSSR count). The van der Waals surface area contributed by atoms with Gasteiger partial charge in [-0.15, -0.1) is 0 Å². The lowest BCUT2D eigenvalue weighted by atomic mass is 9.91. The van der Waals surface area contributed by atoms with E-state index in [9.17, 15) is 22.8 Å². The van der Waals surface area contributed by atoms with Gasteiger partial charge in [-0.1, -0.05) is 0 Å². The second-order valence-corrected chi connectivity index (χ2v) is 5.89. The Morgan fingerprint density at radius 3 is 2.76 bits per heavy atom. The molecule has 1 aliphatic heterocycles. The molecule has 1 saturated heterocycles. The molecule has 0 bridgehead atoms. The number of nitrogens with zero attached hydrogens (tertiary/aromatic N) is 3. The molecular weight excluding hydrogens is 341 g/mol. The van der Waals surface area contributed by atoms with Crippen LogP contribution in [0.4, 0.5) is 13.2 Å². The van der Waals surface area contributed by atoms with Crippen LogP contribution in [0.5, 0.6) is 0 Å². The van der Waals surface area contributed by atoms with Gasteiger partial charge >= 0.3 is 12.1 Å². The molecule has 0 amide bonds. The van der Waals surface area contributed by atoms with Gasteiger partial charge in [0.2, 0.25) is 0 Å². The van der Waals surface area contributed by atoms with Crippen molar-refractivity contribution >= 4 is 16.9 Å². The molecule has 0 atom stereocenters. The van der Waals surface area contributed by atoms with Gasteiger partial charge in [-0.25, -0.2) is 9.78 Å². The lowest BCUT2D eigenvalue weighted by Gasteiger charge is -2.37. The van der Waals surface area contributed by atoms with E-state index in [2.05, 4.69) is 15.3 Å². The van der Waals surface area contributed by atoms with Gasteiger partial charge in [0.05, 0.1) is 30.0 Å². The minimum atomic E-state index is -5.09. The van der Waals surface area contributed by atoms with Crippen molar-refractivity contribution in [3.05, 3.63) is 35.1 Å². The van der Waals surface area contributed by atoms with Crippen molar-refractivity contribution < 1.29 is 22.7 Å². The number of carbonyl (C=O) groups excluding carboxylic acids is 1. The third-order valence-electron chi connectivity index (χ3n) is 4.14. The number of hydrogen-bond acceptors (Lipinski definition) is 6. The first-order valence-corrected chi connectivity index (χ1v) is 7.61. The molecule has 0 aromatic carbocycles. The fraction of sp³-hybridized carbons (Fsp3) is 0.467. The van der Waals surface area contributed by atoms with E-state index in [0.717, 1.165) is 0 Å². The number of nitrogens with one attached hydrogen (secondary N) is 1. The molecule has 3 heterocycles. The smallest absolute Gasteiger partial charge is 0.450 e. The van der Waals surface area contributed by atoms with Crippen molar-refractivity contribution in [3.63, 3.8) is 0 Å². The third-order valence-corrected chi connectivity index (χ3v) is 4.14. The molecule has 7 nitrogen and oxygen atoms in total. The predicted molar refractivity (Wildman–Crippen MR) is 80.8 cm³/mol. The normalized spacial score (nSPS) is 17.4. The topological polar surface area (TPSA) is 86.1 Å². The minimum Gasteiger partial charge on any atom is -0.450 e. The molecule has 25 heavy (non-hydrogen) atoms. The SMILES string of the molecule is O=C(OC1(Cn2cnc3cnccc3c2=O)CCNCC1)C(F)(F)F. The zero-order chi connectivity index (χ0) is 18.1. The van der Waals surface area contributed by atoms with Crippen LogP contribution < -0.4 is 10.9 Å². The highest BCUT2D eigenvalue weighted by Crippen LogP contribution is 2.29. The van der Waals surface area contributed by atoms with Crippen molar-refractivity contribution in [1.29, 1.82) is 0 Å². The van der Waals surface area contributed by atoms with Gasteiger partial charge in [-0.05, 0) is 19.2 Å². The molecule has 0 saturated carbocycles. The Balaban J connectivity index is 1.94. The van der Waals surface area contributed by atoms with Gasteiger partial charge in [0.25, 0.3) is 5.56 Å². The van der Waals surface area contributed by atoms with E-state index in [1.807, 2.05) is 0 Å². The van der Waals surface area contributed by atoms with E-state index in [-0.39, 0.29) is 19.4 Å². The van der Waals surface area contributed by atoms with E-state index >= 15 is 0 Å². The van der Waals surface area contributed by atoms with Crippen LogP contribution in [-0.2, 0) is 16.1 Å². The quantitative estimate of drug-likeness (QED) is 0.827. The van der Waals surface area contributed by atoms with Gasteiger partial charge in [-0.2, -0.15) is 13.2 Å². The number of rotatable bonds is 3. The highest BCUT2D eigenvalue weighted by atomic mass is 19.4. The molecule has 1 N–H and O–H groups in total. The second kappa shape index (κ2) is 6.43.